The Kier molecular flexibility index (Phi) is 4.09. The van der Waals surface area contributed by atoms with Crippen LogP contribution >= 0.6 is 15.9 Å². The third-order valence-corrected chi connectivity index (χ3v) is 6.07. The first-order valence-electron chi connectivity index (χ1n) is 7.73. The molecule has 2 saturated carbocycles. The number of benzene rings is 1. The molecule has 2 unspecified atom stereocenters. The summed E-state index contributed by atoms with van der Waals surface area (Å²) in [5.41, 5.74) is 1.22. The lowest BCUT2D eigenvalue weighted by molar-refractivity contribution is -0.163. The average molecular weight is 339 g/mol. The standard InChI is InChI=1S/C17H23BrO2/c1-12-10-13(6-7-14(12)18)20-16-11-15(19)17(16)8-4-2-3-5-9-17/h6-7,10,15-16,19H,2-5,8-9,11H2,1H3. The first kappa shape index (κ1) is 14.4. The number of aryl methyl sites for hydroxylation is 1. The van der Waals surface area contributed by atoms with E-state index in [-0.39, 0.29) is 17.6 Å². The SMILES string of the molecule is Cc1cc(OC2CC(O)C23CCCCCC3)ccc1Br. The van der Waals surface area contributed by atoms with Crippen LogP contribution < -0.4 is 4.74 Å². The molecule has 2 atom stereocenters. The molecule has 0 radical (unpaired) electrons. The maximum absolute atomic E-state index is 10.3. The van der Waals surface area contributed by atoms with Gasteiger partial charge < -0.3 is 9.84 Å². The predicted octanol–water partition coefficient (Wildman–Crippen LogP) is 4.61. The van der Waals surface area contributed by atoms with Gasteiger partial charge in [0.25, 0.3) is 0 Å². The highest BCUT2D eigenvalue weighted by molar-refractivity contribution is 9.10. The van der Waals surface area contributed by atoms with E-state index < -0.39 is 0 Å². The zero-order chi connectivity index (χ0) is 14.2. The summed E-state index contributed by atoms with van der Waals surface area (Å²) in [7, 11) is 0. The Hall–Kier alpha value is -0.540. The summed E-state index contributed by atoms with van der Waals surface area (Å²) in [4.78, 5) is 0. The van der Waals surface area contributed by atoms with Crippen molar-refractivity contribution in [3.8, 4) is 5.75 Å². The quantitative estimate of drug-likeness (QED) is 0.853. The molecule has 2 aliphatic carbocycles. The fraction of sp³-hybridized carbons (Fsp3) is 0.647. The van der Waals surface area contributed by atoms with Gasteiger partial charge in [0.15, 0.2) is 0 Å². The molecule has 3 rings (SSSR count). The molecule has 1 spiro atoms. The smallest absolute Gasteiger partial charge is 0.120 e. The van der Waals surface area contributed by atoms with Crippen LogP contribution in [0.2, 0.25) is 0 Å². The van der Waals surface area contributed by atoms with Gasteiger partial charge in [-0.25, -0.2) is 0 Å². The van der Waals surface area contributed by atoms with Crippen molar-refractivity contribution in [1.29, 1.82) is 0 Å². The highest BCUT2D eigenvalue weighted by Gasteiger charge is 2.55. The Balaban J connectivity index is 1.75. The van der Waals surface area contributed by atoms with E-state index >= 15 is 0 Å². The van der Waals surface area contributed by atoms with Gasteiger partial charge in [-0.3, -0.25) is 0 Å². The van der Waals surface area contributed by atoms with Crippen LogP contribution in [0.3, 0.4) is 0 Å². The minimum absolute atomic E-state index is 0.0253. The van der Waals surface area contributed by atoms with Crippen molar-refractivity contribution in [2.75, 3.05) is 0 Å². The monoisotopic (exact) mass is 338 g/mol. The summed E-state index contributed by atoms with van der Waals surface area (Å²) in [5, 5.41) is 10.3. The zero-order valence-corrected chi connectivity index (χ0v) is 13.7. The average Bonchev–Trinajstić information content (AvgIpc) is 2.70. The summed E-state index contributed by atoms with van der Waals surface area (Å²) in [6.45, 7) is 2.08. The fourth-order valence-corrected chi connectivity index (χ4v) is 4.04. The number of ether oxygens (including phenoxy) is 1. The normalized spacial score (nSPS) is 28.8. The highest BCUT2D eigenvalue weighted by Crippen LogP contribution is 2.52. The molecule has 2 fully saturated rings. The van der Waals surface area contributed by atoms with Gasteiger partial charge in [0.05, 0.1) is 6.10 Å². The van der Waals surface area contributed by atoms with Crippen LogP contribution in [-0.4, -0.2) is 17.3 Å². The second-order valence-electron chi connectivity index (χ2n) is 6.42. The Morgan fingerprint density at radius 2 is 1.90 bits per heavy atom. The molecule has 0 amide bonds. The van der Waals surface area contributed by atoms with E-state index in [0.717, 1.165) is 29.5 Å². The number of hydrogen-bond acceptors (Lipinski definition) is 2. The first-order valence-corrected chi connectivity index (χ1v) is 8.52. The minimum Gasteiger partial charge on any atom is -0.490 e. The van der Waals surface area contributed by atoms with Crippen LogP contribution in [0.1, 0.15) is 50.5 Å². The molecule has 1 N–H and O–H groups in total. The van der Waals surface area contributed by atoms with Crippen LogP contribution in [0.4, 0.5) is 0 Å². The van der Waals surface area contributed by atoms with Crippen LogP contribution in [0, 0.1) is 12.3 Å². The lowest BCUT2D eigenvalue weighted by atomic mass is 9.59. The molecular formula is C17H23BrO2. The zero-order valence-electron chi connectivity index (χ0n) is 12.1. The van der Waals surface area contributed by atoms with E-state index in [4.69, 9.17) is 4.74 Å². The topological polar surface area (TPSA) is 29.5 Å². The largest absolute Gasteiger partial charge is 0.490 e. The van der Waals surface area contributed by atoms with E-state index in [0.29, 0.717) is 0 Å². The van der Waals surface area contributed by atoms with Crippen molar-refractivity contribution in [2.45, 2.75) is 64.1 Å². The predicted molar refractivity (Wildman–Crippen MR) is 84.1 cm³/mol. The second kappa shape index (κ2) is 5.69. The van der Waals surface area contributed by atoms with Crippen molar-refractivity contribution in [3.05, 3.63) is 28.2 Å². The van der Waals surface area contributed by atoms with E-state index in [1.54, 1.807) is 0 Å². The van der Waals surface area contributed by atoms with Gasteiger partial charge in [0.2, 0.25) is 0 Å². The Morgan fingerprint density at radius 3 is 2.50 bits per heavy atom. The van der Waals surface area contributed by atoms with Crippen molar-refractivity contribution >= 4 is 15.9 Å². The molecule has 0 aliphatic heterocycles. The maximum atomic E-state index is 10.3. The third-order valence-electron chi connectivity index (χ3n) is 5.18. The molecule has 20 heavy (non-hydrogen) atoms. The first-order chi connectivity index (χ1) is 9.62. The third kappa shape index (κ3) is 2.50. The summed E-state index contributed by atoms with van der Waals surface area (Å²) in [6.07, 6.45) is 8.12. The van der Waals surface area contributed by atoms with Gasteiger partial charge in [-0.05, 0) is 43.5 Å². The summed E-state index contributed by atoms with van der Waals surface area (Å²) < 4.78 is 7.34. The van der Waals surface area contributed by atoms with Crippen molar-refractivity contribution < 1.29 is 9.84 Å². The number of aliphatic hydroxyl groups is 1. The van der Waals surface area contributed by atoms with E-state index in [1.807, 2.05) is 12.1 Å². The van der Waals surface area contributed by atoms with Crippen LogP contribution in [0.25, 0.3) is 0 Å². The Bertz CT molecular complexity index is 478. The number of aliphatic hydroxyl groups excluding tert-OH is 1. The molecular weight excluding hydrogens is 316 g/mol. The molecule has 2 aliphatic rings. The fourth-order valence-electron chi connectivity index (χ4n) is 3.79. The molecule has 2 nitrogen and oxygen atoms in total. The Morgan fingerprint density at radius 1 is 1.20 bits per heavy atom. The molecule has 0 bridgehead atoms. The summed E-state index contributed by atoms with van der Waals surface area (Å²) in [5.74, 6) is 0.936. The van der Waals surface area contributed by atoms with Gasteiger partial charge in [0, 0.05) is 16.3 Å². The molecule has 3 heteroatoms. The maximum Gasteiger partial charge on any atom is 0.120 e. The molecule has 1 aromatic rings. The van der Waals surface area contributed by atoms with Gasteiger partial charge in [-0.1, -0.05) is 41.6 Å². The Labute approximate surface area is 129 Å². The molecule has 0 aromatic heterocycles. The van der Waals surface area contributed by atoms with Crippen LogP contribution in [0.15, 0.2) is 22.7 Å². The minimum atomic E-state index is -0.165. The number of hydrogen-bond donors (Lipinski definition) is 1. The van der Waals surface area contributed by atoms with Crippen molar-refractivity contribution in [2.24, 2.45) is 5.41 Å². The molecule has 0 heterocycles. The lowest BCUT2D eigenvalue weighted by Crippen LogP contribution is -2.59. The van der Waals surface area contributed by atoms with Crippen molar-refractivity contribution in [1.82, 2.24) is 0 Å². The number of halogens is 1. The van der Waals surface area contributed by atoms with Gasteiger partial charge in [0.1, 0.15) is 11.9 Å². The summed E-state index contributed by atoms with van der Waals surface area (Å²) >= 11 is 3.52. The molecule has 0 saturated heterocycles. The van der Waals surface area contributed by atoms with Gasteiger partial charge in [-0.15, -0.1) is 0 Å². The van der Waals surface area contributed by atoms with Crippen LogP contribution in [0.5, 0.6) is 5.75 Å². The highest BCUT2D eigenvalue weighted by atomic mass is 79.9. The van der Waals surface area contributed by atoms with Crippen molar-refractivity contribution in [3.63, 3.8) is 0 Å². The molecule has 110 valence electrons. The molecule has 1 aromatic carbocycles. The van der Waals surface area contributed by atoms with E-state index in [1.165, 1.54) is 31.2 Å². The van der Waals surface area contributed by atoms with Crippen LogP contribution in [-0.2, 0) is 0 Å². The summed E-state index contributed by atoms with van der Waals surface area (Å²) in [6, 6.07) is 6.14. The van der Waals surface area contributed by atoms with Gasteiger partial charge in [-0.2, -0.15) is 0 Å². The van der Waals surface area contributed by atoms with E-state index in [2.05, 4.69) is 28.9 Å². The lowest BCUT2D eigenvalue weighted by Gasteiger charge is -2.53. The van der Waals surface area contributed by atoms with E-state index in [9.17, 15) is 5.11 Å². The number of rotatable bonds is 2. The second-order valence-corrected chi connectivity index (χ2v) is 7.27. The van der Waals surface area contributed by atoms with Gasteiger partial charge >= 0.3 is 0 Å².